The van der Waals surface area contributed by atoms with E-state index in [9.17, 15) is 9.90 Å². The van der Waals surface area contributed by atoms with E-state index in [0.717, 1.165) is 17.7 Å². The van der Waals surface area contributed by atoms with E-state index >= 15 is 0 Å². The summed E-state index contributed by atoms with van der Waals surface area (Å²) in [4.78, 5) is 16.8. The minimum atomic E-state index is -0.688. The third-order valence-corrected chi connectivity index (χ3v) is 3.93. The molecule has 0 aliphatic carbocycles. The Balaban J connectivity index is 2.01. The van der Waals surface area contributed by atoms with Crippen LogP contribution in [0, 0.1) is 0 Å². The fourth-order valence-electron chi connectivity index (χ4n) is 2.46. The summed E-state index contributed by atoms with van der Waals surface area (Å²) in [5.41, 5.74) is 1.76. The first-order chi connectivity index (χ1) is 11.9. The molecule has 25 heavy (non-hydrogen) atoms. The average molecular weight is 342 g/mol. The summed E-state index contributed by atoms with van der Waals surface area (Å²) in [6.45, 7) is 3.94. The Morgan fingerprint density at radius 3 is 2.52 bits per heavy atom. The van der Waals surface area contributed by atoms with Crippen LogP contribution in [0.4, 0.5) is 0 Å². The van der Waals surface area contributed by atoms with Crippen molar-refractivity contribution in [2.45, 2.75) is 38.3 Å². The molecule has 0 aliphatic rings. The lowest BCUT2D eigenvalue weighted by Crippen LogP contribution is -2.31. The number of pyridine rings is 1. The van der Waals surface area contributed by atoms with E-state index in [0.29, 0.717) is 18.6 Å². The van der Waals surface area contributed by atoms with Crippen molar-refractivity contribution < 1.29 is 14.6 Å². The molecule has 0 fully saturated rings. The normalized spacial score (nSPS) is 12.6. The van der Waals surface area contributed by atoms with Crippen LogP contribution in [0.15, 0.2) is 48.7 Å². The van der Waals surface area contributed by atoms with E-state index in [1.165, 1.54) is 0 Å². The molecular formula is C20H26N2O3. The summed E-state index contributed by atoms with van der Waals surface area (Å²) in [5, 5.41) is 12.8. The summed E-state index contributed by atoms with van der Waals surface area (Å²) in [6, 6.07) is 12.7. The number of aryl methyl sites for hydroxylation is 1. The number of carbonyl (C=O) groups is 1. The number of aliphatic hydroxyl groups is 1. The van der Waals surface area contributed by atoms with Crippen LogP contribution in [0.3, 0.4) is 0 Å². The minimum absolute atomic E-state index is 0.165. The van der Waals surface area contributed by atoms with Gasteiger partial charge in [-0.05, 0) is 56.5 Å². The van der Waals surface area contributed by atoms with Crippen LogP contribution in [0.5, 0.6) is 0 Å². The Labute approximate surface area is 149 Å². The Hall–Kier alpha value is -2.24. The maximum Gasteiger partial charge on any atom is 0.251 e. The van der Waals surface area contributed by atoms with Crippen LogP contribution in [0.25, 0.3) is 0 Å². The largest absolute Gasteiger partial charge is 0.390 e. The number of benzene rings is 1. The van der Waals surface area contributed by atoms with Gasteiger partial charge in [-0.25, -0.2) is 0 Å². The van der Waals surface area contributed by atoms with Crippen molar-refractivity contribution in [2.24, 2.45) is 0 Å². The molecule has 1 heterocycles. The van der Waals surface area contributed by atoms with Crippen LogP contribution >= 0.6 is 0 Å². The topological polar surface area (TPSA) is 71.5 Å². The van der Waals surface area contributed by atoms with Gasteiger partial charge in [0.15, 0.2) is 0 Å². The molecule has 1 aromatic carbocycles. The highest BCUT2D eigenvalue weighted by Gasteiger charge is 2.17. The molecule has 2 N–H and O–H groups in total. The summed E-state index contributed by atoms with van der Waals surface area (Å²) in [7, 11) is 1.60. The van der Waals surface area contributed by atoms with E-state index in [4.69, 9.17) is 4.74 Å². The number of carbonyl (C=O) groups excluding carboxylic acids is 1. The molecule has 1 unspecified atom stereocenters. The van der Waals surface area contributed by atoms with E-state index in [2.05, 4.69) is 10.3 Å². The molecule has 0 saturated heterocycles. The van der Waals surface area contributed by atoms with Crippen LogP contribution in [-0.4, -0.2) is 35.3 Å². The van der Waals surface area contributed by atoms with Crippen LogP contribution < -0.4 is 5.32 Å². The number of nitrogens with zero attached hydrogens (tertiary/aromatic N) is 1. The number of rotatable bonds is 8. The Morgan fingerprint density at radius 1 is 1.24 bits per heavy atom. The van der Waals surface area contributed by atoms with Crippen molar-refractivity contribution in [3.05, 3.63) is 65.5 Å². The number of hydrogen-bond donors (Lipinski definition) is 2. The fourth-order valence-corrected chi connectivity index (χ4v) is 2.46. The van der Waals surface area contributed by atoms with Gasteiger partial charge in [0, 0.05) is 18.9 Å². The molecule has 5 heteroatoms. The summed E-state index contributed by atoms with van der Waals surface area (Å²) in [6.07, 6.45) is 3.14. The second kappa shape index (κ2) is 8.74. The minimum Gasteiger partial charge on any atom is -0.390 e. The van der Waals surface area contributed by atoms with Gasteiger partial charge in [0.05, 0.1) is 23.9 Å². The van der Waals surface area contributed by atoms with Gasteiger partial charge in [-0.15, -0.1) is 0 Å². The molecule has 0 radical (unpaired) electrons. The molecular weight excluding hydrogens is 316 g/mol. The van der Waals surface area contributed by atoms with E-state index in [1.54, 1.807) is 39.3 Å². The van der Waals surface area contributed by atoms with Crippen molar-refractivity contribution in [3.8, 4) is 0 Å². The maximum absolute atomic E-state index is 12.5. The van der Waals surface area contributed by atoms with Gasteiger partial charge >= 0.3 is 0 Å². The van der Waals surface area contributed by atoms with Crippen LogP contribution in [0.1, 0.15) is 47.9 Å². The fraction of sp³-hybridized carbons (Fsp3) is 0.400. The van der Waals surface area contributed by atoms with Gasteiger partial charge in [-0.2, -0.15) is 0 Å². The van der Waals surface area contributed by atoms with Gasteiger partial charge < -0.3 is 15.2 Å². The van der Waals surface area contributed by atoms with E-state index in [-0.39, 0.29) is 11.9 Å². The van der Waals surface area contributed by atoms with Crippen molar-refractivity contribution in [1.82, 2.24) is 10.3 Å². The SMILES string of the molecule is COCC(NC(=O)c1ccc(CCC(C)(C)O)cc1)c1ccccn1. The standard InChI is InChI=1S/C20H26N2O3/c1-20(2,24)12-11-15-7-9-16(10-8-15)19(23)22-18(14-25-3)17-6-4-5-13-21-17/h4-10,13,18,24H,11-12,14H2,1-3H3,(H,22,23). The lowest BCUT2D eigenvalue weighted by molar-refractivity contribution is 0.0713. The number of amides is 1. The highest BCUT2D eigenvalue weighted by Crippen LogP contribution is 2.15. The Bertz CT molecular complexity index is 664. The van der Waals surface area contributed by atoms with Crippen molar-refractivity contribution >= 4 is 5.91 Å². The molecule has 134 valence electrons. The number of nitrogens with one attached hydrogen (secondary N) is 1. The van der Waals surface area contributed by atoms with Gasteiger partial charge in [0.25, 0.3) is 5.91 Å². The third-order valence-electron chi connectivity index (χ3n) is 3.93. The van der Waals surface area contributed by atoms with E-state index < -0.39 is 5.60 Å². The molecule has 1 amide bonds. The maximum atomic E-state index is 12.5. The molecule has 5 nitrogen and oxygen atoms in total. The quantitative estimate of drug-likeness (QED) is 0.774. The molecule has 0 saturated carbocycles. The third kappa shape index (κ3) is 6.29. The molecule has 0 bridgehead atoms. The monoisotopic (exact) mass is 342 g/mol. The Kier molecular flexibility index (Phi) is 6.67. The zero-order chi connectivity index (χ0) is 18.3. The Morgan fingerprint density at radius 2 is 1.96 bits per heavy atom. The van der Waals surface area contributed by atoms with Crippen molar-refractivity contribution in [1.29, 1.82) is 0 Å². The predicted octanol–water partition coefficient (Wildman–Crippen LogP) is 2.90. The van der Waals surface area contributed by atoms with Crippen LogP contribution in [-0.2, 0) is 11.2 Å². The van der Waals surface area contributed by atoms with Crippen LogP contribution in [0.2, 0.25) is 0 Å². The number of hydrogen-bond acceptors (Lipinski definition) is 4. The number of methoxy groups -OCH3 is 1. The first-order valence-corrected chi connectivity index (χ1v) is 8.41. The first-order valence-electron chi connectivity index (χ1n) is 8.41. The summed E-state index contributed by atoms with van der Waals surface area (Å²) < 4.78 is 5.20. The lowest BCUT2D eigenvalue weighted by Gasteiger charge is -2.18. The second-order valence-corrected chi connectivity index (χ2v) is 6.75. The second-order valence-electron chi connectivity index (χ2n) is 6.75. The lowest BCUT2D eigenvalue weighted by atomic mass is 9.98. The van der Waals surface area contributed by atoms with Gasteiger partial charge in [0.2, 0.25) is 0 Å². The highest BCUT2D eigenvalue weighted by atomic mass is 16.5. The predicted molar refractivity (Wildman–Crippen MR) is 97.4 cm³/mol. The van der Waals surface area contributed by atoms with Gasteiger partial charge in [-0.1, -0.05) is 18.2 Å². The number of ether oxygens (including phenoxy) is 1. The average Bonchev–Trinajstić information content (AvgIpc) is 2.60. The van der Waals surface area contributed by atoms with E-state index in [1.807, 2.05) is 30.3 Å². The molecule has 0 spiro atoms. The van der Waals surface area contributed by atoms with Gasteiger partial charge in [0.1, 0.15) is 0 Å². The molecule has 1 aromatic heterocycles. The number of aromatic nitrogens is 1. The first kappa shape index (κ1) is 19.1. The van der Waals surface area contributed by atoms with Gasteiger partial charge in [-0.3, -0.25) is 9.78 Å². The van der Waals surface area contributed by atoms with Crippen molar-refractivity contribution in [3.63, 3.8) is 0 Å². The molecule has 2 aromatic rings. The molecule has 2 rings (SSSR count). The summed E-state index contributed by atoms with van der Waals surface area (Å²) >= 11 is 0. The summed E-state index contributed by atoms with van der Waals surface area (Å²) in [5.74, 6) is -0.165. The van der Waals surface area contributed by atoms with Crippen molar-refractivity contribution in [2.75, 3.05) is 13.7 Å². The smallest absolute Gasteiger partial charge is 0.251 e. The highest BCUT2D eigenvalue weighted by molar-refractivity contribution is 5.94. The zero-order valence-electron chi connectivity index (χ0n) is 15.0. The molecule has 1 atom stereocenters. The zero-order valence-corrected chi connectivity index (χ0v) is 15.0. The molecule has 0 aliphatic heterocycles.